The summed E-state index contributed by atoms with van der Waals surface area (Å²) in [6.45, 7) is 12.9. The lowest BCUT2D eigenvalue weighted by atomic mass is 9.86. The largest absolute Gasteiger partial charge is 0.486 e. The van der Waals surface area contributed by atoms with E-state index in [0.29, 0.717) is 17.7 Å². The van der Waals surface area contributed by atoms with E-state index in [2.05, 4.69) is 68.9 Å². The maximum absolute atomic E-state index is 15.3. The van der Waals surface area contributed by atoms with Gasteiger partial charge in [0.25, 0.3) is 5.91 Å². The molecule has 0 aromatic heterocycles. The highest BCUT2D eigenvalue weighted by Crippen LogP contribution is 2.34. The molecule has 0 saturated carbocycles. The molecule has 3 aromatic rings. The number of halogens is 1. The number of ether oxygens (including phenoxy) is 2. The molecule has 0 spiro atoms. The molecule has 39 heavy (non-hydrogen) atoms. The fourth-order valence-electron chi connectivity index (χ4n) is 4.43. The Kier molecular flexibility index (Phi) is 9.90. The zero-order chi connectivity index (χ0) is 28.7. The zero-order valence-electron chi connectivity index (χ0n) is 24.1. The molecular weight excluding hydrogens is 493 g/mol. The molecule has 0 aliphatic carbocycles. The summed E-state index contributed by atoms with van der Waals surface area (Å²) in [5.74, 6) is -0.456. The van der Waals surface area contributed by atoms with E-state index in [1.807, 2.05) is 25.1 Å². The van der Waals surface area contributed by atoms with Gasteiger partial charge in [-0.3, -0.25) is 9.59 Å². The summed E-state index contributed by atoms with van der Waals surface area (Å²) in [6.07, 6.45) is 0.141. The molecule has 5 nitrogen and oxygen atoms in total. The number of methoxy groups -OCH3 is 1. The van der Waals surface area contributed by atoms with E-state index < -0.39 is 23.8 Å². The Hall–Kier alpha value is -3.67. The summed E-state index contributed by atoms with van der Waals surface area (Å²) >= 11 is 0. The number of carbonyl (C=O) groups excluding carboxylic acids is 2. The van der Waals surface area contributed by atoms with Crippen LogP contribution in [0.1, 0.15) is 80.6 Å². The molecule has 0 fully saturated rings. The van der Waals surface area contributed by atoms with Crippen molar-refractivity contribution >= 4 is 11.9 Å². The van der Waals surface area contributed by atoms with Gasteiger partial charge in [0.1, 0.15) is 17.7 Å². The third-order valence-electron chi connectivity index (χ3n) is 6.68. The fraction of sp³-hybridized carbons (Fsp3) is 0.394. The van der Waals surface area contributed by atoms with Crippen molar-refractivity contribution in [2.75, 3.05) is 13.7 Å². The van der Waals surface area contributed by atoms with E-state index in [1.165, 1.54) is 18.7 Å². The van der Waals surface area contributed by atoms with Crippen molar-refractivity contribution in [3.05, 3.63) is 88.7 Å². The third-order valence-corrected chi connectivity index (χ3v) is 6.68. The first-order chi connectivity index (χ1) is 18.4. The van der Waals surface area contributed by atoms with Gasteiger partial charge >= 0.3 is 5.97 Å². The number of nitrogens with one attached hydrogen (secondary N) is 1. The van der Waals surface area contributed by atoms with Gasteiger partial charge in [0, 0.05) is 17.7 Å². The van der Waals surface area contributed by atoms with Crippen molar-refractivity contribution in [2.24, 2.45) is 5.92 Å². The van der Waals surface area contributed by atoms with Crippen LogP contribution in [-0.4, -0.2) is 25.5 Å². The molecule has 0 bridgehead atoms. The monoisotopic (exact) mass is 533 g/mol. The van der Waals surface area contributed by atoms with Crippen molar-refractivity contribution in [3.63, 3.8) is 0 Å². The minimum absolute atomic E-state index is 0.0491. The lowest BCUT2D eigenvalue weighted by molar-refractivity contribution is -0.140. The summed E-state index contributed by atoms with van der Waals surface area (Å²) in [5, 5.41) is 2.61. The van der Waals surface area contributed by atoms with E-state index in [0.717, 1.165) is 16.7 Å². The van der Waals surface area contributed by atoms with Crippen LogP contribution in [0.5, 0.6) is 5.75 Å². The Balaban J connectivity index is 1.78. The highest BCUT2D eigenvalue weighted by Gasteiger charge is 2.21. The van der Waals surface area contributed by atoms with Gasteiger partial charge in [-0.15, -0.1) is 0 Å². The number of esters is 1. The molecule has 0 saturated heterocycles. The van der Waals surface area contributed by atoms with Gasteiger partial charge in [0.05, 0.1) is 13.5 Å². The second-order valence-electron chi connectivity index (χ2n) is 11.4. The maximum Gasteiger partial charge on any atom is 0.307 e. The summed E-state index contributed by atoms with van der Waals surface area (Å²) in [5.41, 5.74) is 5.29. The summed E-state index contributed by atoms with van der Waals surface area (Å²) in [4.78, 5) is 23.7. The van der Waals surface area contributed by atoms with Crippen LogP contribution in [-0.2, 0) is 14.9 Å². The van der Waals surface area contributed by atoms with Gasteiger partial charge < -0.3 is 14.8 Å². The Bertz CT molecular complexity index is 1290. The lowest BCUT2D eigenvalue weighted by Gasteiger charge is -2.23. The Labute approximate surface area is 231 Å². The van der Waals surface area contributed by atoms with Crippen LogP contribution in [0.3, 0.4) is 0 Å². The van der Waals surface area contributed by atoms with Gasteiger partial charge in [0.2, 0.25) is 0 Å². The standard InChI is InChI=1S/C33H40FNO4/c1-21(2)18-30(28-14-10-24(20-29(28)34)32(37)35-17-16-31(36)38-7)39-26-13-15-27(22(3)19-26)23-8-11-25(12-9-23)33(4,5)6/h8-15,19-21,30H,16-18H2,1-7H3,(H,35,37). The zero-order valence-corrected chi connectivity index (χ0v) is 24.1. The highest BCUT2D eigenvalue weighted by molar-refractivity contribution is 5.94. The minimum atomic E-state index is -0.516. The fourth-order valence-corrected chi connectivity index (χ4v) is 4.43. The van der Waals surface area contributed by atoms with Crippen LogP contribution in [0.25, 0.3) is 11.1 Å². The topological polar surface area (TPSA) is 64.6 Å². The normalized spacial score (nSPS) is 12.2. The molecule has 1 N–H and O–H groups in total. The van der Waals surface area contributed by atoms with Gasteiger partial charge in [-0.25, -0.2) is 4.39 Å². The van der Waals surface area contributed by atoms with E-state index in [9.17, 15) is 9.59 Å². The molecule has 0 radical (unpaired) electrons. The summed E-state index contributed by atoms with van der Waals surface area (Å²) < 4.78 is 26.2. The van der Waals surface area contributed by atoms with Crippen molar-refractivity contribution in [1.29, 1.82) is 0 Å². The molecule has 208 valence electrons. The molecule has 1 unspecified atom stereocenters. The van der Waals surface area contributed by atoms with Crippen molar-refractivity contribution in [1.82, 2.24) is 5.32 Å². The Morgan fingerprint density at radius 2 is 1.67 bits per heavy atom. The molecular formula is C33H40FNO4. The Morgan fingerprint density at radius 3 is 2.23 bits per heavy atom. The van der Waals surface area contributed by atoms with Crippen molar-refractivity contribution in [3.8, 4) is 16.9 Å². The number of benzene rings is 3. The van der Waals surface area contributed by atoms with Crippen LogP contribution < -0.4 is 10.1 Å². The maximum atomic E-state index is 15.3. The molecule has 1 atom stereocenters. The molecule has 0 aliphatic heterocycles. The Morgan fingerprint density at radius 1 is 0.974 bits per heavy atom. The van der Waals surface area contributed by atoms with E-state index in [1.54, 1.807) is 12.1 Å². The molecule has 6 heteroatoms. The first kappa shape index (κ1) is 29.9. The highest BCUT2D eigenvalue weighted by atomic mass is 19.1. The third kappa shape index (κ3) is 8.16. The number of carbonyl (C=O) groups is 2. The second-order valence-corrected chi connectivity index (χ2v) is 11.4. The molecule has 0 aliphatic rings. The van der Waals surface area contributed by atoms with Crippen LogP contribution in [0.2, 0.25) is 0 Å². The first-order valence-electron chi connectivity index (χ1n) is 13.4. The van der Waals surface area contributed by atoms with Gasteiger partial charge in [-0.05, 0) is 71.2 Å². The van der Waals surface area contributed by atoms with E-state index >= 15 is 4.39 Å². The van der Waals surface area contributed by atoms with Gasteiger partial charge in [-0.2, -0.15) is 0 Å². The number of hydrogen-bond donors (Lipinski definition) is 1. The van der Waals surface area contributed by atoms with E-state index in [-0.39, 0.29) is 29.9 Å². The van der Waals surface area contributed by atoms with Crippen molar-refractivity contribution < 1.29 is 23.5 Å². The second kappa shape index (κ2) is 12.9. The van der Waals surface area contributed by atoms with E-state index in [4.69, 9.17) is 4.74 Å². The molecule has 3 rings (SSSR count). The number of rotatable bonds is 10. The predicted molar refractivity (Wildman–Crippen MR) is 154 cm³/mol. The molecule has 3 aromatic carbocycles. The smallest absolute Gasteiger partial charge is 0.307 e. The minimum Gasteiger partial charge on any atom is -0.486 e. The molecule has 1 amide bonds. The van der Waals surface area contributed by atoms with Crippen LogP contribution in [0, 0.1) is 18.7 Å². The van der Waals surface area contributed by atoms with Crippen LogP contribution >= 0.6 is 0 Å². The number of aryl methyl sites for hydroxylation is 1. The van der Waals surface area contributed by atoms with Gasteiger partial charge in [-0.1, -0.05) is 71.0 Å². The average Bonchev–Trinajstić information content (AvgIpc) is 2.87. The SMILES string of the molecule is COC(=O)CCNC(=O)c1ccc(C(CC(C)C)Oc2ccc(-c3ccc(C(C)(C)C)cc3)c(C)c2)c(F)c1. The van der Waals surface area contributed by atoms with Gasteiger partial charge in [0.15, 0.2) is 0 Å². The summed E-state index contributed by atoms with van der Waals surface area (Å²) in [6, 6.07) is 19.0. The lowest BCUT2D eigenvalue weighted by Crippen LogP contribution is -2.26. The summed E-state index contributed by atoms with van der Waals surface area (Å²) in [7, 11) is 1.29. The predicted octanol–water partition coefficient (Wildman–Crippen LogP) is 7.56. The average molecular weight is 534 g/mol. The van der Waals surface area contributed by atoms with Crippen LogP contribution in [0.4, 0.5) is 4.39 Å². The quantitative estimate of drug-likeness (QED) is 0.273. The molecule has 0 heterocycles. The van der Waals surface area contributed by atoms with Crippen molar-refractivity contribution in [2.45, 2.75) is 65.9 Å². The number of amides is 1. The van der Waals surface area contributed by atoms with Crippen LogP contribution in [0.15, 0.2) is 60.7 Å². The first-order valence-corrected chi connectivity index (χ1v) is 13.4. The number of hydrogen-bond acceptors (Lipinski definition) is 4.